The molecule has 0 bridgehead atoms. The van der Waals surface area contributed by atoms with E-state index < -0.39 is 20.0 Å². The molecule has 0 rings (SSSR count). The van der Waals surface area contributed by atoms with Crippen molar-refractivity contribution in [3.8, 4) is 0 Å². The van der Waals surface area contributed by atoms with Crippen LogP contribution in [0.1, 0.15) is 399 Å². The third-order valence-electron chi connectivity index (χ3n) is 18.3. The van der Waals surface area contributed by atoms with Crippen LogP contribution in [0, 0.1) is 0 Å². The van der Waals surface area contributed by atoms with Crippen molar-refractivity contribution in [2.75, 3.05) is 40.9 Å². The molecule has 9 heteroatoms. The number of amides is 1. The first-order chi connectivity index (χ1) is 44.0. The monoisotopic (exact) mass is 1280 g/mol. The molecule has 1 amide bonds. The molecule has 90 heavy (non-hydrogen) atoms. The number of phosphoric ester groups is 1. The highest BCUT2D eigenvalue weighted by molar-refractivity contribution is 7.45. The third kappa shape index (κ3) is 73.6. The predicted molar refractivity (Wildman–Crippen MR) is 394 cm³/mol. The van der Waals surface area contributed by atoms with Crippen molar-refractivity contribution in [2.24, 2.45) is 0 Å². The number of unbranched alkanes of at least 4 members (excludes halogenated alkanes) is 51. The van der Waals surface area contributed by atoms with Gasteiger partial charge in [0.15, 0.2) is 0 Å². The molecule has 0 saturated heterocycles. The standard InChI is InChI=1S/C81H155N2O6P/c1-6-8-10-12-14-16-18-20-22-24-26-28-30-32-34-36-38-39-40-41-42-43-45-47-49-51-53-55-57-59-61-63-65-67-69-71-73-75-81(85)82-79(78-89-90(86,87)88-77-76-83(3,4)5)80(84)74-72-70-68-66-64-62-60-58-56-54-52-50-48-46-44-37-35-33-31-29-27-25-23-21-19-17-15-13-11-9-7-2/h8,10,14,16,20,22,26,28,32,34,79-80,84H,6-7,9,11-13,15,17-19,21,23-25,27,29-31,33,35-78H2,1-5H3,(H-,82,85,86,87)/b10-8-,16-14-,22-20-,28-26-,34-32-. The Bertz CT molecular complexity index is 1650. The number of hydrogen-bond donors (Lipinski definition) is 2. The van der Waals surface area contributed by atoms with Gasteiger partial charge >= 0.3 is 0 Å². The number of carbonyl (C=O) groups excluding carboxylic acids is 1. The Kier molecular flexibility index (Phi) is 70.1. The van der Waals surface area contributed by atoms with Crippen molar-refractivity contribution < 1.29 is 32.9 Å². The van der Waals surface area contributed by atoms with Gasteiger partial charge in [0.05, 0.1) is 39.9 Å². The van der Waals surface area contributed by atoms with Crippen LogP contribution in [0.25, 0.3) is 0 Å². The highest BCUT2D eigenvalue weighted by Gasteiger charge is 2.24. The van der Waals surface area contributed by atoms with Crippen LogP contribution in [0.4, 0.5) is 0 Å². The second-order valence-electron chi connectivity index (χ2n) is 28.4. The lowest BCUT2D eigenvalue weighted by molar-refractivity contribution is -0.870. The Hall–Kier alpha value is -1.80. The molecular formula is C81H155N2O6P. The predicted octanol–water partition coefficient (Wildman–Crippen LogP) is 25.3. The van der Waals surface area contributed by atoms with Crippen molar-refractivity contribution in [3.05, 3.63) is 60.8 Å². The summed E-state index contributed by atoms with van der Waals surface area (Å²) in [7, 11) is 1.32. The molecule has 0 aromatic heterocycles. The summed E-state index contributed by atoms with van der Waals surface area (Å²) in [5, 5.41) is 14.2. The van der Waals surface area contributed by atoms with E-state index in [4.69, 9.17) is 9.05 Å². The lowest BCUT2D eigenvalue weighted by Gasteiger charge is -2.30. The van der Waals surface area contributed by atoms with Gasteiger partial charge in [0.25, 0.3) is 7.82 Å². The normalized spacial score (nSPS) is 13.8. The van der Waals surface area contributed by atoms with Crippen LogP contribution in [0.3, 0.4) is 0 Å². The van der Waals surface area contributed by atoms with E-state index in [9.17, 15) is 19.4 Å². The zero-order valence-electron chi connectivity index (χ0n) is 60.9. The summed E-state index contributed by atoms with van der Waals surface area (Å²) in [6.07, 6.45) is 99.1. The van der Waals surface area contributed by atoms with Gasteiger partial charge in [0.2, 0.25) is 5.91 Å². The minimum Gasteiger partial charge on any atom is -0.756 e. The van der Waals surface area contributed by atoms with Crippen LogP contribution in [0.15, 0.2) is 60.8 Å². The highest BCUT2D eigenvalue weighted by Crippen LogP contribution is 2.38. The fraction of sp³-hybridized carbons (Fsp3) is 0.864. The van der Waals surface area contributed by atoms with Crippen molar-refractivity contribution in [1.82, 2.24) is 5.32 Å². The first-order valence-corrected chi connectivity index (χ1v) is 41.1. The number of nitrogens with one attached hydrogen (secondary N) is 1. The van der Waals surface area contributed by atoms with Crippen LogP contribution >= 0.6 is 7.82 Å². The van der Waals surface area contributed by atoms with Gasteiger partial charge in [-0.2, -0.15) is 0 Å². The summed E-state index contributed by atoms with van der Waals surface area (Å²) >= 11 is 0. The molecule has 0 fully saturated rings. The molecule has 0 aliphatic rings. The Morgan fingerprint density at radius 3 is 0.989 bits per heavy atom. The summed E-state index contributed by atoms with van der Waals surface area (Å²) in [6.45, 7) is 4.67. The van der Waals surface area contributed by atoms with Crippen LogP contribution < -0.4 is 10.2 Å². The maximum absolute atomic E-state index is 13.1. The van der Waals surface area contributed by atoms with Crippen molar-refractivity contribution in [3.63, 3.8) is 0 Å². The zero-order chi connectivity index (χ0) is 65.5. The number of nitrogens with zero attached hydrogens (tertiary/aromatic N) is 1. The number of rotatable bonds is 74. The Morgan fingerprint density at radius 1 is 0.400 bits per heavy atom. The van der Waals surface area contributed by atoms with E-state index in [2.05, 4.69) is 79.9 Å². The summed E-state index contributed by atoms with van der Waals surface area (Å²) in [5.41, 5.74) is 0. The maximum atomic E-state index is 13.1. The molecule has 8 nitrogen and oxygen atoms in total. The zero-order valence-corrected chi connectivity index (χ0v) is 61.8. The van der Waals surface area contributed by atoms with Crippen molar-refractivity contribution in [2.45, 2.75) is 411 Å². The van der Waals surface area contributed by atoms with Gasteiger partial charge in [0, 0.05) is 6.42 Å². The maximum Gasteiger partial charge on any atom is 0.268 e. The minimum atomic E-state index is -4.58. The SMILES string of the molecule is CC/C=C\C/C=C\C/C=C\C/C=C\C/C=C\CCCCCCCCCCCCCCCCCCCCCCCC(=O)NC(COP(=O)([O-])OCC[N+](C)(C)C)C(O)CCCCCCCCCCCCCCCCCCCCCCCCCCCCCCCCC. The van der Waals surface area contributed by atoms with E-state index in [1.807, 2.05) is 21.1 Å². The van der Waals surface area contributed by atoms with E-state index in [-0.39, 0.29) is 19.1 Å². The third-order valence-corrected chi connectivity index (χ3v) is 19.2. The molecule has 2 N–H and O–H groups in total. The van der Waals surface area contributed by atoms with Gasteiger partial charge in [-0.25, -0.2) is 0 Å². The molecular weight excluding hydrogens is 1130 g/mol. The molecule has 0 aromatic carbocycles. The molecule has 0 spiro atoms. The van der Waals surface area contributed by atoms with Gasteiger partial charge in [-0.15, -0.1) is 0 Å². The number of likely N-dealkylation sites (N-methyl/N-ethyl adjacent to an activating group) is 1. The first-order valence-electron chi connectivity index (χ1n) is 39.6. The highest BCUT2D eigenvalue weighted by atomic mass is 31.2. The van der Waals surface area contributed by atoms with E-state index in [1.54, 1.807) is 0 Å². The van der Waals surface area contributed by atoms with E-state index in [0.717, 1.165) is 70.6 Å². The lowest BCUT2D eigenvalue weighted by atomic mass is 10.0. The van der Waals surface area contributed by atoms with Gasteiger partial charge in [0.1, 0.15) is 13.2 Å². The number of aliphatic hydroxyl groups excluding tert-OH is 1. The van der Waals surface area contributed by atoms with Crippen LogP contribution in [0.5, 0.6) is 0 Å². The van der Waals surface area contributed by atoms with Gasteiger partial charge < -0.3 is 28.8 Å². The number of aliphatic hydroxyl groups is 1. The summed E-state index contributed by atoms with van der Waals surface area (Å²) in [6, 6.07) is -0.803. The second kappa shape index (κ2) is 71.5. The van der Waals surface area contributed by atoms with E-state index in [0.29, 0.717) is 23.9 Å². The number of carbonyl (C=O) groups is 1. The smallest absolute Gasteiger partial charge is 0.268 e. The number of quaternary nitrogens is 1. The average Bonchev–Trinajstić information content (AvgIpc) is 3.18. The lowest BCUT2D eigenvalue weighted by Crippen LogP contribution is -2.46. The number of hydrogen-bond acceptors (Lipinski definition) is 6. The van der Waals surface area contributed by atoms with Crippen LogP contribution in [-0.4, -0.2) is 68.5 Å². The van der Waals surface area contributed by atoms with Gasteiger partial charge in [-0.1, -0.05) is 396 Å². The van der Waals surface area contributed by atoms with Crippen molar-refractivity contribution in [1.29, 1.82) is 0 Å². The molecule has 0 aliphatic heterocycles. The molecule has 0 aromatic rings. The van der Waals surface area contributed by atoms with E-state index >= 15 is 0 Å². The minimum absolute atomic E-state index is 0.0137. The van der Waals surface area contributed by atoms with Crippen LogP contribution in [-0.2, 0) is 18.4 Å². The summed E-state index contributed by atoms with van der Waals surface area (Å²) in [5.74, 6) is -0.157. The Morgan fingerprint density at radius 2 is 0.678 bits per heavy atom. The Labute approximate surface area is 562 Å². The van der Waals surface area contributed by atoms with Gasteiger partial charge in [-0.05, 0) is 57.8 Å². The molecule has 0 heterocycles. The molecule has 3 unspecified atom stereocenters. The fourth-order valence-electron chi connectivity index (χ4n) is 12.2. The fourth-order valence-corrected chi connectivity index (χ4v) is 12.9. The quantitative estimate of drug-likeness (QED) is 0.0272. The molecule has 0 aliphatic carbocycles. The molecule has 3 atom stereocenters. The second-order valence-corrected chi connectivity index (χ2v) is 29.8. The Balaban J connectivity index is 3.93. The molecule has 0 radical (unpaired) electrons. The van der Waals surface area contributed by atoms with Crippen LogP contribution in [0.2, 0.25) is 0 Å². The number of allylic oxidation sites excluding steroid dienone is 10. The van der Waals surface area contributed by atoms with Crippen molar-refractivity contribution >= 4 is 13.7 Å². The first kappa shape index (κ1) is 88.2. The topological polar surface area (TPSA) is 108 Å². The molecule has 530 valence electrons. The van der Waals surface area contributed by atoms with Gasteiger partial charge in [-0.3, -0.25) is 9.36 Å². The van der Waals surface area contributed by atoms with E-state index in [1.165, 1.54) is 302 Å². The molecule has 0 saturated carbocycles. The number of phosphoric acid groups is 1. The summed E-state index contributed by atoms with van der Waals surface area (Å²) < 4.78 is 23.6. The summed E-state index contributed by atoms with van der Waals surface area (Å²) in [4.78, 5) is 25.7. The average molecular weight is 1280 g/mol. The largest absolute Gasteiger partial charge is 0.756 e.